The van der Waals surface area contributed by atoms with E-state index in [2.05, 4.69) is 72.0 Å². The van der Waals surface area contributed by atoms with E-state index in [0.29, 0.717) is 0 Å². The number of likely N-dealkylation sites (N-methyl/N-ethyl adjacent to an activating group) is 1. The van der Waals surface area contributed by atoms with E-state index in [1.54, 1.807) is 5.48 Å². The minimum absolute atomic E-state index is 0.205. The van der Waals surface area contributed by atoms with Crippen LogP contribution in [0, 0.1) is 6.92 Å². The van der Waals surface area contributed by atoms with Crippen molar-refractivity contribution in [1.82, 2.24) is 10.0 Å². The summed E-state index contributed by atoms with van der Waals surface area (Å²) in [6.07, 6.45) is 0.205. The molecule has 0 aliphatic carbocycles. The number of hydrogen-bond donors (Lipinski definition) is 2. The summed E-state index contributed by atoms with van der Waals surface area (Å²) in [6, 6.07) is 17.3. The van der Waals surface area contributed by atoms with Crippen molar-refractivity contribution >= 4 is 22.5 Å². The van der Waals surface area contributed by atoms with Crippen molar-refractivity contribution in [1.29, 1.82) is 0 Å². The summed E-state index contributed by atoms with van der Waals surface area (Å²) < 4.78 is 2.21. The van der Waals surface area contributed by atoms with Gasteiger partial charge in [-0.05, 0) is 62.2 Å². The van der Waals surface area contributed by atoms with Crippen molar-refractivity contribution in [2.45, 2.75) is 27.2 Å². The highest BCUT2D eigenvalue weighted by molar-refractivity contribution is 5.86. The summed E-state index contributed by atoms with van der Waals surface area (Å²) in [7, 11) is 4.13. The molecule has 0 radical (unpaired) electrons. The summed E-state index contributed by atoms with van der Waals surface area (Å²) in [5.74, 6) is -0.389. The van der Waals surface area contributed by atoms with Crippen LogP contribution < -0.4 is 10.4 Å². The molecule has 0 unspecified atom stereocenters. The van der Waals surface area contributed by atoms with Gasteiger partial charge in [-0.1, -0.05) is 29.3 Å². The summed E-state index contributed by atoms with van der Waals surface area (Å²) in [5, 5.41) is 9.94. The number of hydroxylamine groups is 1. The highest BCUT2D eigenvalue weighted by atomic mass is 16.5. The van der Waals surface area contributed by atoms with Crippen LogP contribution in [0.4, 0.5) is 5.69 Å². The first-order valence-electron chi connectivity index (χ1n) is 9.76. The van der Waals surface area contributed by atoms with Crippen molar-refractivity contribution in [2.24, 2.45) is 7.05 Å². The van der Waals surface area contributed by atoms with E-state index in [1.165, 1.54) is 27.7 Å². The van der Waals surface area contributed by atoms with E-state index in [4.69, 9.17) is 5.21 Å². The SMILES string of the molecule is C/C(CC(=O)NO)=C(\C)CN(C)c1ccc(-c2ccc3c(c2)cc(C)n3C)cc1. The van der Waals surface area contributed by atoms with Crippen LogP contribution in [0.25, 0.3) is 22.0 Å². The molecule has 1 heterocycles. The lowest BCUT2D eigenvalue weighted by Crippen LogP contribution is -2.22. The summed E-state index contributed by atoms with van der Waals surface area (Å²) in [4.78, 5) is 13.5. The highest BCUT2D eigenvalue weighted by Gasteiger charge is 2.09. The highest BCUT2D eigenvalue weighted by Crippen LogP contribution is 2.28. The van der Waals surface area contributed by atoms with Gasteiger partial charge in [0.25, 0.3) is 0 Å². The number of carbonyl (C=O) groups excluding carboxylic acids is 1. The average Bonchev–Trinajstić information content (AvgIpc) is 3.00. The Morgan fingerprint density at radius 3 is 2.34 bits per heavy atom. The molecule has 1 aromatic heterocycles. The van der Waals surface area contributed by atoms with Gasteiger partial charge in [0, 0.05) is 49.3 Å². The Morgan fingerprint density at radius 2 is 1.69 bits per heavy atom. The van der Waals surface area contributed by atoms with Crippen molar-refractivity contribution in [2.75, 3.05) is 18.5 Å². The van der Waals surface area contributed by atoms with E-state index < -0.39 is 0 Å². The van der Waals surface area contributed by atoms with Crippen LogP contribution in [-0.4, -0.2) is 29.3 Å². The second-order valence-electron chi connectivity index (χ2n) is 7.79. The van der Waals surface area contributed by atoms with Gasteiger partial charge >= 0.3 is 0 Å². The first-order chi connectivity index (χ1) is 13.8. The van der Waals surface area contributed by atoms with Gasteiger partial charge in [0.2, 0.25) is 5.91 Å². The molecule has 3 rings (SSSR count). The van der Waals surface area contributed by atoms with Gasteiger partial charge in [-0.25, -0.2) is 5.48 Å². The van der Waals surface area contributed by atoms with Crippen molar-refractivity contribution in [3.63, 3.8) is 0 Å². The van der Waals surface area contributed by atoms with Gasteiger partial charge in [0.1, 0.15) is 0 Å². The number of amides is 1. The maximum atomic E-state index is 11.3. The summed E-state index contributed by atoms with van der Waals surface area (Å²) in [5.41, 5.74) is 9.78. The Labute approximate surface area is 172 Å². The van der Waals surface area contributed by atoms with Gasteiger partial charge in [-0.2, -0.15) is 0 Å². The molecule has 29 heavy (non-hydrogen) atoms. The predicted octanol–water partition coefficient (Wildman–Crippen LogP) is 4.82. The zero-order valence-corrected chi connectivity index (χ0v) is 17.8. The molecule has 5 nitrogen and oxygen atoms in total. The summed E-state index contributed by atoms with van der Waals surface area (Å²) >= 11 is 0. The number of nitrogens with zero attached hydrogens (tertiary/aromatic N) is 2. The van der Waals surface area contributed by atoms with Gasteiger partial charge in [0.05, 0.1) is 0 Å². The first-order valence-corrected chi connectivity index (χ1v) is 9.76. The van der Waals surface area contributed by atoms with Crippen LogP contribution in [-0.2, 0) is 11.8 Å². The van der Waals surface area contributed by atoms with Gasteiger partial charge in [-0.3, -0.25) is 10.0 Å². The molecule has 0 spiro atoms. The average molecular weight is 392 g/mol. The Morgan fingerprint density at radius 1 is 1.03 bits per heavy atom. The van der Waals surface area contributed by atoms with Crippen LogP contribution >= 0.6 is 0 Å². The largest absolute Gasteiger partial charge is 0.371 e. The fraction of sp³-hybridized carbons (Fsp3) is 0.292. The van der Waals surface area contributed by atoms with E-state index in [1.807, 2.05) is 20.9 Å². The lowest BCUT2D eigenvalue weighted by molar-refractivity contribution is -0.128. The number of aryl methyl sites for hydroxylation is 2. The molecule has 0 saturated heterocycles. The molecule has 0 bridgehead atoms. The number of benzene rings is 2. The zero-order chi connectivity index (χ0) is 21.1. The molecule has 0 aliphatic heterocycles. The number of aromatic nitrogens is 1. The van der Waals surface area contributed by atoms with Crippen LogP contribution in [0.5, 0.6) is 0 Å². The molecular weight excluding hydrogens is 362 g/mol. The third-order valence-electron chi connectivity index (χ3n) is 5.68. The van der Waals surface area contributed by atoms with E-state index in [0.717, 1.165) is 23.4 Å². The lowest BCUT2D eigenvalue weighted by Gasteiger charge is -2.21. The Bertz CT molecular complexity index is 1060. The topological polar surface area (TPSA) is 57.5 Å². The van der Waals surface area contributed by atoms with Gasteiger partial charge in [0.15, 0.2) is 0 Å². The minimum Gasteiger partial charge on any atom is -0.371 e. The van der Waals surface area contributed by atoms with Crippen LogP contribution in [0.15, 0.2) is 59.7 Å². The lowest BCUT2D eigenvalue weighted by atomic mass is 10.0. The molecule has 0 fully saturated rings. The van der Waals surface area contributed by atoms with Crippen molar-refractivity contribution in [3.05, 3.63) is 65.4 Å². The molecule has 3 aromatic rings. The Hall–Kier alpha value is -3.05. The quantitative estimate of drug-likeness (QED) is 0.360. The van der Waals surface area contributed by atoms with Gasteiger partial charge in [-0.15, -0.1) is 0 Å². The fourth-order valence-electron chi connectivity index (χ4n) is 3.59. The fourth-order valence-corrected chi connectivity index (χ4v) is 3.59. The smallest absolute Gasteiger partial charge is 0.247 e. The minimum atomic E-state index is -0.389. The maximum absolute atomic E-state index is 11.3. The number of hydrogen-bond acceptors (Lipinski definition) is 3. The van der Waals surface area contributed by atoms with E-state index >= 15 is 0 Å². The number of rotatable bonds is 6. The number of anilines is 1. The van der Waals surface area contributed by atoms with E-state index in [9.17, 15) is 4.79 Å². The van der Waals surface area contributed by atoms with Gasteiger partial charge < -0.3 is 9.47 Å². The predicted molar refractivity (Wildman–Crippen MR) is 119 cm³/mol. The first kappa shape index (κ1) is 20.7. The van der Waals surface area contributed by atoms with Crippen LogP contribution in [0.1, 0.15) is 26.0 Å². The van der Waals surface area contributed by atoms with Crippen molar-refractivity contribution in [3.8, 4) is 11.1 Å². The van der Waals surface area contributed by atoms with Crippen LogP contribution in [0.3, 0.4) is 0 Å². The molecule has 0 atom stereocenters. The van der Waals surface area contributed by atoms with Crippen LogP contribution in [0.2, 0.25) is 0 Å². The van der Waals surface area contributed by atoms with Crippen molar-refractivity contribution < 1.29 is 10.0 Å². The normalized spacial score (nSPS) is 12.1. The number of fused-ring (bicyclic) bond motifs is 1. The monoisotopic (exact) mass is 391 g/mol. The molecule has 5 heteroatoms. The Kier molecular flexibility index (Phi) is 6.09. The molecule has 2 N–H and O–H groups in total. The standard InChI is InChI=1S/C24H29N3O2/c1-16(12-24(28)25-29)17(2)15-26(4)22-9-6-19(7-10-22)20-8-11-23-21(14-20)13-18(3)27(23)5/h6-11,13-14,29H,12,15H2,1-5H3,(H,25,28)/b17-16-. The Balaban J connectivity index is 1.76. The molecule has 1 amide bonds. The molecule has 0 saturated carbocycles. The summed E-state index contributed by atoms with van der Waals surface area (Å²) in [6.45, 7) is 6.78. The molecule has 2 aromatic carbocycles. The third-order valence-corrected chi connectivity index (χ3v) is 5.68. The molecule has 0 aliphatic rings. The molecular formula is C24H29N3O2. The number of carbonyl (C=O) groups is 1. The third kappa shape index (κ3) is 4.51. The maximum Gasteiger partial charge on any atom is 0.247 e. The second-order valence-corrected chi connectivity index (χ2v) is 7.79. The van der Waals surface area contributed by atoms with E-state index in [-0.39, 0.29) is 12.3 Å². The second kappa shape index (κ2) is 8.53. The zero-order valence-electron chi connectivity index (χ0n) is 17.8. The number of nitrogens with one attached hydrogen (secondary N) is 1. The molecule has 152 valence electrons.